The average Bonchev–Trinajstić information content (AvgIpc) is 2.39. The van der Waals surface area contributed by atoms with Crippen LogP contribution in [0.15, 0.2) is 18.2 Å². The quantitative estimate of drug-likeness (QED) is 0.756. The first kappa shape index (κ1) is 17.8. The van der Waals surface area contributed by atoms with E-state index in [1.54, 1.807) is 18.2 Å². The van der Waals surface area contributed by atoms with Gasteiger partial charge in [0, 0.05) is 5.69 Å². The minimum Gasteiger partial charge on any atom is -0.399 e. The molecule has 0 saturated heterocycles. The molecule has 0 aliphatic rings. The molecule has 0 aromatic heterocycles. The molecule has 1 amide bonds. The van der Waals surface area contributed by atoms with Crippen molar-refractivity contribution in [3.05, 3.63) is 23.2 Å². The smallest absolute Gasteiger partial charge is 0.242 e. The second kappa shape index (κ2) is 8.25. The Morgan fingerprint density at radius 3 is 2.62 bits per heavy atom. The lowest BCUT2D eigenvalue weighted by Gasteiger charge is -2.30. The van der Waals surface area contributed by atoms with Crippen LogP contribution in [-0.4, -0.2) is 30.4 Å². The molecule has 0 radical (unpaired) electrons. The number of unbranched alkanes of at least 4 members (excludes halogenated alkanes) is 1. The second-order valence-electron chi connectivity index (χ2n) is 5.75. The van der Waals surface area contributed by atoms with Gasteiger partial charge in [-0.2, -0.15) is 0 Å². The van der Waals surface area contributed by atoms with E-state index >= 15 is 0 Å². The third-order valence-electron chi connectivity index (χ3n) is 3.49. The molecule has 1 rings (SSSR count). The van der Waals surface area contributed by atoms with E-state index in [0.29, 0.717) is 16.4 Å². The number of nitrogens with one attached hydrogen (secondary N) is 1. The van der Waals surface area contributed by atoms with E-state index in [0.717, 1.165) is 19.4 Å². The molecule has 21 heavy (non-hydrogen) atoms. The highest BCUT2D eigenvalue weighted by molar-refractivity contribution is 6.34. The van der Waals surface area contributed by atoms with Crippen molar-refractivity contribution in [1.29, 1.82) is 0 Å². The third kappa shape index (κ3) is 5.21. The normalized spacial score (nSPS) is 12.7. The summed E-state index contributed by atoms with van der Waals surface area (Å²) in [7, 11) is 1.99. The molecule has 1 aromatic carbocycles. The molecule has 3 N–H and O–H groups in total. The maximum atomic E-state index is 12.6. The Hall–Kier alpha value is -1.26. The lowest BCUT2D eigenvalue weighted by Crippen LogP contribution is -2.45. The van der Waals surface area contributed by atoms with Gasteiger partial charge < -0.3 is 11.1 Å². The van der Waals surface area contributed by atoms with Crippen molar-refractivity contribution in [3.8, 4) is 0 Å². The van der Waals surface area contributed by atoms with Gasteiger partial charge in [0.05, 0.1) is 16.8 Å². The van der Waals surface area contributed by atoms with Crippen molar-refractivity contribution in [2.24, 2.45) is 5.92 Å². The standard InChI is InChI=1S/C16H26ClN3O/c1-5-6-9-20(4)15(11(2)3)16(21)19-14-8-7-12(18)10-13(14)17/h7-8,10-11,15H,5-6,9,18H2,1-4H3,(H,19,21). The van der Waals surface area contributed by atoms with Gasteiger partial charge in [0.2, 0.25) is 5.91 Å². The molecule has 0 bridgehead atoms. The number of benzene rings is 1. The van der Waals surface area contributed by atoms with Crippen LogP contribution >= 0.6 is 11.6 Å². The number of likely N-dealkylation sites (N-methyl/N-ethyl adjacent to an activating group) is 1. The van der Waals surface area contributed by atoms with E-state index in [-0.39, 0.29) is 17.9 Å². The number of nitrogens with two attached hydrogens (primary N) is 1. The summed E-state index contributed by atoms with van der Waals surface area (Å²) in [6.07, 6.45) is 2.19. The fraction of sp³-hybridized carbons (Fsp3) is 0.562. The minimum absolute atomic E-state index is 0.0322. The van der Waals surface area contributed by atoms with Gasteiger partial charge in [0.15, 0.2) is 0 Å². The predicted molar refractivity (Wildman–Crippen MR) is 90.7 cm³/mol. The molecule has 5 heteroatoms. The maximum Gasteiger partial charge on any atom is 0.242 e. The molecular formula is C16H26ClN3O. The van der Waals surface area contributed by atoms with Crippen LogP contribution in [0.2, 0.25) is 5.02 Å². The first-order valence-electron chi connectivity index (χ1n) is 7.43. The Bertz CT molecular complexity index is 477. The summed E-state index contributed by atoms with van der Waals surface area (Å²) >= 11 is 6.11. The van der Waals surface area contributed by atoms with Gasteiger partial charge in [0.25, 0.3) is 0 Å². The summed E-state index contributed by atoms with van der Waals surface area (Å²) in [5.74, 6) is 0.190. The molecule has 0 saturated carbocycles. The first-order valence-corrected chi connectivity index (χ1v) is 7.80. The SMILES string of the molecule is CCCCN(C)C(C(=O)Nc1ccc(N)cc1Cl)C(C)C. The van der Waals surface area contributed by atoms with Gasteiger partial charge in [-0.3, -0.25) is 9.69 Å². The lowest BCUT2D eigenvalue weighted by atomic mass is 10.0. The Morgan fingerprint density at radius 1 is 1.43 bits per heavy atom. The monoisotopic (exact) mass is 311 g/mol. The number of carbonyl (C=O) groups is 1. The fourth-order valence-corrected chi connectivity index (χ4v) is 2.63. The summed E-state index contributed by atoms with van der Waals surface area (Å²) in [6.45, 7) is 7.16. The van der Waals surface area contributed by atoms with E-state index in [2.05, 4.69) is 31.0 Å². The second-order valence-corrected chi connectivity index (χ2v) is 6.16. The number of hydrogen-bond acceptors (Lipinski definition) is 3. The van der Waals surface area contributed by atoms with Gasteiger partial charge in [-0.1, -0.05) is 38.8 Å². The maximum absolute atomic E-state index is 12.6. The van der Waals surface area contributed by atoms with Gasteiger partial charge >= 0.3 is 0 Å². The Labute approximate surface area is 132 Å². The number of carbonyl (C=O) groups excluding carboxylic acids is 1. The van der Waals surface area contributed by atoms with Crippen LogP contribution in [0.4, 0.5) is 11.4 Å². The summed E-state index contributed by atoms with van der Waals surface area (Å²) in [5, 5.41) is 3.37. The zero-order valence-corrected chi connectivity index (χ0v) is 14.1. The first-order chi connectivity index (χ1) is 9.86. The Morgan fingerprint density at radius 2 is 2.10 bits per heavy atom. The molecule has 118 valence electrons. The Balaban J connectivity index is 2.81. The molecule has 0 aliphatic heterocycles. The number of halogens is 1. The summed E-state index contributed by atoms with van der Waals surface area (Å²) in [4.78, 5) is 14.7. The van der Waals surface area contributed by atoms with E-state index in [1.165, 1.54) is 0 Å². The summed E-state index contributed by atoms with van der Waals surface area (Å²) < 4.78 is 0. The molecule has 0 fully saturated rings. The number of hydrogen-bond donors (Lipinski definition) is 2. The molecular weight excluding hydrogens is 286 g/mol. The van der Waals surface area contributed by atoms with E-state index < -0.39 is 0 Å². The fourth-order valence-electron chi connectivity index (χ4n) is 2.40. The predicted octanol–water partition coefficient (Wildman–Crippen LogP) is 3.62. The van der Waals surface area contributed by atoms with Crippen LogP contribution in [0, 0.1) is 5.92 Å². The highest BCUT2D eigenvalue weighted by atomic mass is 35.5. The highest BCUT2D eigenvalue weighted by Crippen LogP contribution is 2.25. The lowest BCUT2D eigenvalue weighted by molar-refractivity contribution is -0.122. The minimum atomic E-state index is -0.176. The molecule has 1 aromatic rings. The van der Waals surface area contributed by atoms with Crippen molar-refractivity contribution in [2.75, 3.05) is 24.6 Å². The summed E-state index contributed by atoms with van der Waals surface area (Å²) in [5.41, 5.74) is 6.85. The van der Waals surface area contributed by atoms with E-state index in [4.69, 9.17) is 17.3 Å². The topological polar surface area (TPSA) is 58.4 Å². The molecule has 1 unspecified atom stereocenters. The molecule has 0 aliphatic carbocycles. The number of rotatable bonds is 7. The van der Waals surface area contributed by atoms with Gasteiger partial charge in [-0.15, -0.1) is 0 Å². The largest absolute Gasteiger partial charge is 0.399 e. The van der Waals surface area contributed by atoms with Crippen LogP contribution in [-0.2, 0) is 4.79 Å². The highest BCUT2D eigenvalue weighted by Gasteiger charge is 2.26. The van der Waals surface area contributed by atoms with Crippen molar-refractivity contribution in [1.82, 2.24) is 4.90 Å². The van der Waals surface area contributed by atoms with Crippen molar-refractivity contribution < 1.29 is 4.79 Å². The van der Waals surface area contributed by atoms with E-state index in [9.17, 15) is 4.79 Å². The Kier molecular flexibility index (Phi) is 6.99. The zero-order valence-electron chi connectivity index (χ0n) is 13.3. The molecule has 0 heterocycles. The van der Waals surface area contributed by atoms with Gasteiger partial charge in [-0.25, -0.2) is 0 Å². The van der Waals surface area contributed by atoms with Crippen LogP contribution in [0.1, 0.15) is 33.6 Å². The van der Waals surface area contributed by atoms with Gasteiger partial charge in [-0.05, 0) is 44.1 Å². The molecule has 4 nitrogen and oxygen atoms in total. The van der Waals surface area contributed by atoms with Crippen molar-refractivity contribution in [2.45, 2.75) is 39.7 Å². The van der Waals surface area contributed by atoms with Crippen LogP contribution in [0.5, 0.6) is 0 Å². The van der Waals surface area contributed by atoms with E-state index in [1.807, 2.05) is 7.05 Å². The summed E-state index contributed by atoms with van der Waals surface area (Å²) in [6, 6.07) is 4.93. The zero-order chi connectivity index (χ0) is 16.0. The number of amides is 1. The molecule has 1 atom stereocenters. The third-order valence-corrected chi connectivity index (χ3v) is 3.80. The number of nitrogens with zero attached hydrogens (tertiary/aromatic N) is 1. The van der Waals surface area contributed by atoms with Crippen molar-refractivity contribution in [3.63, 3.8) is 0 Å². The van der Waals surface area contributed by atoms with Crippen LogP contribution in [0.25, 0.3) is 0 Å². The van der Waals surface area contributed by atoms with Crippen molar-refractivity contribution >= 4 is 28.9 Å². The van der Waals surface area contributed by atoms with Crippen LogP contribution < -0.4 is 11.1 Å². The number of nitrogen functional groups attached to an aromatic ring is 1. The average molecular weight is 312 g/mol. The van der Waals surface area contributed by atoms with Gasteiger partial charge in [0.1, 0.15) is 0 Å². The molecule has 0 spiro atoms. The number of anilines is 2. The van der Waals surface area contributed by atoms with Crippen LogP contribution in [0.3, 0.4) is 0 Å².